The van der Waals surface area contributed by atoms with Crippen LogP contribution in [0.5, 0.6) is 11.5 Å². The van der Waals surface area contributed by atoms with Gasteiger partial charge in [0.1, 0.15) is 4.90 Å². The lowest BCUT2D eigenvalue weighted by Crippen LogP contribution is -2.32. The number of nitrogens with zero attached hydrogens (tertiary/aromatic N) is 1. The number of primary sulfonamides is 1. The number of aliphatic hydroxyl groups is 1. The molecule has 0 bridgehead atoms. The molecular weight excluding hydrogens is 366 g/mol. The van der Waals surface area contributed by atoms with Crippen molar-refractivity contribution in [2.24, 2.45) is 11.1 Å². The van der Waals surface area contributed by atoms with Crippen LogP contribution >= 0.6 is 0 Å². The van der Waals surface area contributed by atoms with Crippen LogP contribution in [0.25, 0.3) is 0 Å². The number of sulfonamides is 1. The number of nitro benzene ring substituents is 1. The molecule has 0 aromatic heterocycles. The number of fused-ring (bicyclic) bond motifs is 1. The summed E-state index contributed by atoms with van der Waals surface area (Å²) in [5.74, 6) is 0.0870. The quantitative estimate of drug-likeness (QED) is 0.505. The molecule has 11 heteroatoms. The summed E-state index contributed by atoms with van der Waals surface area (Å²) in [6.45, 7) is 1.98. The van der Waals surface area contributed by atoms with Gasteiger partial charge in [0.25, 0.3) is 5.69 Å². The summed E-state index contributed by atoms with van der Waals surface area (Å²) in [7, 11) is -4.21. The third-order valence-electron chi connectivity index (χ3n) is 4.84. The third-order valence-corrected chi connectivity index (χ3v) is 5.76. The Morgan fingerprint density at radius 1 is 1.38 bits per heavy atom. The van der Waals surface area contributed by atoms with E-state index in [1.165, 1.54) is 0 Å². The predicted octanol–water partition coefficient (Wildman–Crippen LogP) is 1.32. The molecule has 0 radical (unpaired) electrons. The first-order chi connectivity index (χ1) is 12.1. The number of ether oxygens (including phenoxy) is 2. The van der Waals surface area contributed by atoms with Crippen LogP contribution in [0, 0.1) is 16.0 Å². The van der Waals surface area contributed by atoms with Gasteiger partial charge in [0.2, 0.25) is 16.8 Å². The van der Waals surface area contributed by atoms with Crippen molar-refractivity contribution < 1.29 is 27.9 Å². The molecule has 1 aromatic carbocycles. The minimum Gasteiger partial charge on any atom is -0.452 e. The molecule has 0 amide bonds. The lowest BCUT2D eigenvalue weighted by molar-refractivity contribution is -0.384. The Hall–Kier alpha value is -2.11. The Labute approximate surface area is 150 Å². The molecule has 1 saturated carbocycles. The number of nitrogens with two attached hydrogens (primary N) is 1. The lowest BCUT2D eigenvalue weighted by Gasteiger charge is -2.33. The summed E-state index contributed by atoms with van der Waals surface area (Å²) in [6.07, 6.45) is 2.87. The zero-order chi connectivity index (χ0) is 19.1. The van der Waals surface area contributed by atoms with Gasteiger partial charge in [-0.3, -0.25) is 10.1 Å². The molecule has 1 fully saturated rings. The van der Waals surface area contributed by atoms with Gasteiger partial charge in [-0.1, -0.05) is 0 Å². The standard InChI is InChI=1S/C15H21N3O7S/c1-15(19)4-2-9(3-5-15)7-17-12-10(18(20)21)6-11(26(16,22)23)13-14(12)25-8-24-13/h6,9,17,19H,2-5,7-8H2,1H3,(H2,16,22,23)/t9-,15-. The molecule has 0 saturated heterocycles. The van der Waals surface area contributed by atoms with Crippen LogP contribution in [0.3, 0.4) is 0 Å². The van der Waals surface area contributed by atoms with Gasteiger partial charge < -0.3 is 19.9 Å². The van der Waals surface area contributed by atoms with Gasteiger partial charge in [0.15, 0.2) is 17.2 Å². The molecule has 1 heterocycles. The number of hydrogen-bond acceptors (Lipinski definition) is 8. The molecule has 144 valence electrons. The number of hydrogen-bond donors (Lipinski definition) is 3. The van der Waals surface area contributed by atoms with Gasteiger partial charge in [0, 0.05) is 12.6 Å². The minimum atomic E-state index is -4.21. The normalized spacial score (nSPS) is 25.1. The van der Waals surface area contributed by atoms with E-state index in [0.717, 1.165) is 18.9 Å². The van der Waals surface area contributed by atoms with Crippen LogP contribution in [0.2, 0.25) is 0 Å². The second-order valence-electron chi connectivity index (χ2n) is 6.96. The Bertz CT molecular complexity index is 828. The third kappa shape index (κ3) is 3.69. The molecular formula is C15H21N3O7S. The summed E-state index contributed by atoms with van der Waals surface area (Å²) in [5, 5.41) is 29.6. The average molecular weight is 387 g/mol. The van der Waals surface area contributed by atoms with E-state index in [1.807, 2.05) is 0 Å². The Morgan fingerprint density at radius 3 is 2.58 bits per heavy atom. The summed E-state index contributed by atoms with van der Waals surface area (Å²) < 4.78 is 33.9. The second kappa shape index (κ2) is 6.56. The van der Waals surface area contributed by atoms with Crippen molar-refractivity contribution >= 4 is 21.4 Å². The van der Waals surface area contributed by atoms with Crippen molar-refractivity contribution in [3.8, 4) is 11.5 Å². The Kier molecular flexibility index (Phi) is 4.71. The molecule has 0 unspecified atom stereocenters. The first-order valence-corrected chi connectivity index (χ1v) is 9.73. The van der Waals surface area contributed by atoms with Gasteiger partial charge >= 0.3 is 0 Å². The van der Waals surface area contributed by atoms with Crippen molar-refractivity contribution in [1.29, 1.82) is 0 Å². The van der Waals surface area contributed by atoms with Crippen molar-refractivity contribution in [2.45, 2.75) is 43.1 Å². The molecule has 0 atom stereocenters. The van der Waals surface area contributed by atoms with Gasteiger partial charge in [-0.15, -0.1) is 0 Å². The van der Waals surface area contributed by atoms with Crippen LogP contribution in [-0.2, 0) is 10.0 Å². The summed E-state index contributed by atoms with van der Waals surface area (Å²) in [5.41, 5.74) is -1.04. The second-order valence-corrected chi connectivity index (χ2v) is 8.49. The highest BCUT2D eigenvalue weighted by Crippen LogP contribution is 2.49. The van der Waals surface area contributed by atoms with Crippen molar-refractivity contribution in [3.05, 3.63) is 16.2 Å². The fraction of sp³-hybridized carbons (Fsp3) is 0.600. The molecule has 4 N–H and O–H groups in total. The molecule has 10 nitrogen and oxygen atoms in total. The average Bonchev–Trinajstić information content (AvgIpc) is 3.01. The van der Waals surface area contributed by atoms with E-state index < -0.39 is 31.1 Å². The number of nitrogens with one attached hydrogen (secondary N) is 1. The highest BCUT2D eigenvalue weighted by atomic mass is 32.2. The largest absolute Gasteiger partial charge is 0.452 e. The maximum Gasteiger partial charge on any atom is 0.297 e. The highest BCUT2D eigenvalue weighted by Gasteiger charge is 2.35. The molecule has 26 heavy (non-hydrogen) atoms. The number of anilines is 1. The summed E-state index contributed by atoms with van der Waals surface area (Å²) >= 11 is 0. The molecule has 2 aliphatic rings. The number of rotatable bonds is 5. The summed E-state index contributed by atoms with van der Waals surface area (Å²) in [4.78, 5) is 10.3. The van der Waals surface area contributed by atoms with Crippen LogP contribution in [-0.4, -0.2) is 37.4 Å². The van der Waals surface area contributed by atoms with E-state index in [2.05, 4.69) is 5.32 Å². The smallest absolute Gasteiger partial charge is 0.297 e. The molecule has 1 aliphatic heterocycles. The fourth-order valence-electron chi connectivity index (χ4n) is 3.30. The highest BCUT2D eigenvalue weighted by molar-refractivity contribution is 7.89. The van der Waals surface area contributed by atoms with E-state index in [4.69, 9.17) is 14.6 Å². The van der Waals surface area contributed by atoms with E-state index in [-0.39, 0.29) is 29.9 Å². The zero-order valence-corrected chi connectivity index (χ0v) is 15.0. The maximum absolute atomic E-state index is 11.7. The van der Waals surface area contributed by atoms with E-state index in [9.17, 15) is 23.6 Å². The van der Waals surface area contributed by atoms with Crippen molar-refractivity contribution in [2.75, 3.05) is 18.7 Å². The van der Waals surface area contributed by atoms with Gasteiger partial charge in [-0.25, -0.2) is 13.6 Å². The van der Waals surface area contributed by atoms with E-state index in [1.54, 1.807) is 6.92 Å². The van der Waals surface area contributed by atoms with Gasteiger partial charge in [0.05, 0.1) is 10.5 Å². The van der Waals surface area contributed by atoms with Gasteiger partial charge in [-0.2, -0.15) is 0 Å². The minimum absolute atomic E-state index is 0.0222. The van der Waals surface area contributed by atoms with Crippen molar-refractivity contribution in [1.82, 2.24) is 0 Å². The molecule has 1 aliphatic carbocycles. The Balaban J connectivity index is 1.90. The number of benzene rings is 1. The van der Waals surface area contributed by atoms with E-state index >= 15 is 0 Å². The topological polar surface area (TPSA) is 154 Å². The molecule has 1 aromatic rings. The van der Waals surface area contributed by atoms with Gasteiger partial charge in [-0.05, 0) is 38.5 Å². The van der Waals surface area contributed by atoms with Crippen LogP contribution in [0.15, 0.2) is 11.0 Å². The molecule has 0 spiro atoms. The first kappa shape index (κ1) is 18.7. The monoisotopic (exact) mass is 387 g/mol. The van der Waals surface area contributed by atoms with E-state index in [0.29, 0.717) is 19.4 Å². The van der Waals surface area contributed by atoms with Crippen LogP contribution < -0.4 is 19.9 Å². The zero-order valence-electron chi connectivity index (χ0n) is 14.2. The predicted molar refractivity (Wildman–Crippen MR) is 91.7 cm³/mol. The first-order valence-electron chi connectivity index (χ1n) is 8.18. The molecule has 3 rings (SSSR count). The maximum atomic E-state index is 11.7. The Morgan fingerprint density at radius 2 is 2.00 bits per heavy atom. The van der Waals surface area contributed by atoms with Crippen molar-refractivity contribution in [3.63, 3.8) is 0 Å². The SMILES string of the molecule is C[C@]1(O)CC[C@H](CNc2c([N+](=O)[O-])cc(S(N)(=O)=O)c3c2OCO3)CC1. The lowest BCUT2D eigenvalue weighted by atomic mass is 9.80. The summed E-state index contributed by atoms with van der Waals surface area (Å²) in [6, 6.07) is 0.886. The number of nitro groups is 1. The van der Waals surface area contributed by atoms with Crippen LogP contribution in [0.1, 0.15) is 32.6 Å². The fourth-order valence-corrected chi connectivity index (χ4v) is 3.99. The van der Waals surface area contributed by atoms with Crippen LogP contribution in [0.4, 0.5) is 11.4 Å².